The van der Waals surface area contributed by atoms with E-state index in [1.165, 1.54) is 24.3 Å². The average Bonchev–Trinajstić information content (AvgIpc) is 2.38. The summed E-state index contributed by atoms with van der Waals surface area (Å²) >= 11 is 0. The molecule has 0 heterocycles. The van der Waals surface area contributed by atoms with Gasteiger partial charge in [0.15, 0.2) is 6.29 Å². The number of aldehydes is 1. The maximum absolute atomic E-state index is 13.5. The van der Waals surface area contributed by atoms with Gasteiger partial charge in [-0.25, -0.2) is 9.18 Å². The van der Waals surface area contributed by atoms with E-state index >= 15 is 0 Å². The van der Waals surface area contributed by atoms with Crippen LogP contribution in [0.1, 0.15) is 20.7 Å². The molecular formula is C14H9FO4. The third kappa shape index (κ3) is 2.44. The molecule has 4 nitrogen and oxygen atoms in total. The Morgan fingerprint density at radius 3 is 2.32 bits per heavy atom. The van der Waals surface area contributed by atoms with Crippen LogP contribution in [0.2, 0.25) is 0 Å². The zero-order chi connectivity index (χ0) is 14.0. The lowest BCUT2D eigenvalue weighted by atomic mass is 10.0. The minimum absolute atomic E-state index is 0.0835. The third-order valence-electron chi connectivity index (χ3n) is 2.69. The van der Waals surface area contributed by atoms with Crippen LogP contribution in [-0.2, 0) is 0 Å². The molecule has 0 bridgehead atoms. The Morgan fingerprint density at radius 1 is 1.11 bits per heavy atom. The second kappa shape index (κ2) is 4.89. The molecule has 0 aliphatic carbocycles. The second-order valence-corrected chi connectivity index (χ2v) is 3.89. The molecule has 0 aliphatic rings. The maximum Gasteiger partial charge on any atom is 0.338 e. The van der Waals surface area contributed by atoms with Crippen LogP contribution in [0.3, 0.4) is 0 Å². The van der Waals surface area contributed by atoms with Crippen LogP contribution in [0, 0.1) is 5.82 Å². The summed E-state index contributed by atoms with van der Waals surface area (Å²) in [6, 6.07) is 7.90. The number of carboxylic acid groups (broad SMARTS) is 1. The lowest BCUT2D eigenvalue weighted by molar-refractivity contribution is 0.0691. The summed E-state index contributed by atoms with van der Waals surface area (Å²) in [6.07, 6.45) is 0.487. The van der Waals surface area contributed by atoms with Crippen molar-refractivity contribution in [2.24, 2.45) is 0 Å². The van der Waals surface area contributed by atoms with Gasteiger partial charge in [-0.1, -0.05) is 12.1 Å². The first-order chi connectivity index (χ1) is 9.02. The third-order valence-corrected chi connectivity index (χ3v) is 2.69. The molecule has 96 valence electrons. The van der Waals surface area contributed by atoms with Crippen molar-refractivity contribution in [2.45, 2.75) is 0 Å². The molecule has 0 amide bonds. The molecule has 5 heteroatoms. The van der Waals surface area contributed by atoms with E-state index in [1.54, 1.807) is 0 Å². The summed E-state index contributed by atoms with van der Waals surface area (Å²) in [6.45, 7) is 0. The van der Waals surface area contributed by atoms with Crippen LogP contribution in [0.5, 0.6) is 5.75 Å². The Kier molecular flexibility index (Phi) is 3.29. The molecule has 0 aromatic heterocycles. The van der Waals surface area contributed by atoms with E-state index in [2.05, 4.69) is 0 Å². The minimum atomic E-state index is -1.34. The molecule has 2 rings (SSSR count). The second-order valence-electron chi connectivity index (χ2n) is 3.89. The number of carbonyl (C=O) groups excluding carboxylic acids is 1. The van der Waals surface area contributed by atoms with E-state index in [0.717, 1.165) is 12.1 Å². The number of carboxylic acids is 1. The van der Waals surface area contributed by atoms with Gasteiger partial charge in [0.2, 0.25) is 0 Å². The molecular weight excluding hydrogens is 251 g/mol. The fourth-order valence-corrected chi connectivity index (χ4v) is 1.70. The smallest absolute Gasteiger partial charge is 0.338 e. The zero-order valence-electron chi connectivity index (χ0n) is 9.63. The number of benzene rings is 2. The van der Waals surface area contributed by atoms with Gasteiger partial charge in [0.25, 0.3) is 0 Å². The van der Waals surface area contributed by atoms with Gasteiger partial charge in [0, 0.05) is 0 Å². The molecule has 0 saturated heterocycles. The highest BCUT2D eigenvalue weighted by atomic mass is 19.1. The molecule has 19 heavy (non-hydrogen) atoms. The van der Waals surface area contributed by atoms with Gasteiger partial charge < -0.3 is 10.2 Å². The van der Waals surface area contributed by atoms with Crippen molar-refractivity contribution in [3.8, 4) is 16.9 Å². The topological polar surface area (TPSA) is 74.6 Å². The highest BCUT2D eigenvalue weighted by molar-refractivity contribution is 5.89. The monoisotopic (exact) mass is 260 g/mol. The van der Waals surface area contributed by atoms with Crippen LogP contribution < -0.4 is 0 Å². The van der Waals surface area contributed by atoms with Crippen molar-refractivity contribution < 1.29 is 24.2 Å². The van der Waals surface area contributed by atoms with Gasteiger partial charge in [0.1, 0.15) is 11.6 Å². The predicted octanol–water partition coefficient (Wildman–Crippen LogP) is 2.71. The van der Waals surface area contributed by atoms with Crippen LogP contribution >= 0.6 is 0 Å². The van der Waals surface area contributed by atoms with Gasteiger partial charge in [-0.3, -0.25) is 4.79 Å². The Labute approximate surface area is 107 Å². The van der Waals surface area contributed by atoms with Gasteiger partial charge in [-0.05, 0) is 35.4 Å². The molecule has 2 aromatic rings. The summed E-state index contributed by atoms with van der Waals surface area (Å²) in [5, 5.41) is 18.1. The highest BCUT2D eigenvalue weighted by Gasteiger charge is 2.11. The number of hydrogen-bond acceptors (Lipinski definition) is 3. The SMILES string of the molecule is O=Cc1cc(-c2ccc(C(=O)O)c(F)c2)ccc1O. The Morgan fingerprint density at radius 2 is 1.74 bits per heavy atom. The standard InChI is InChI=1S/C14H9FO4/c15-12-6-9(1-3-11(12)14(18)19)8-2-4-13(17)10(5-8)7-16/h1-7,17H,(H,18,19). The van der Waals surface area contributed by atoms with Crippen molar-refractivity contribution >= 4 is 12.3 Å². The molecule has 0 spiro atoms. The van der Waals surface area contributed by atoms with Crippen LogP contribution in [0.25, 0.3) is 11.1 Å². The van der Waals surface area contributed by atoms with Crippen molar-refractivity contribution in [2.75, 3.05) is 0 Å². The largest absolute Gasteiger partial charge is 0.507 e. The molecule has 2 N–H and O–H groups in total. The molecule has 0 saturated carbocycles. The normalized spacial score (nSPS) is 10.2. The van der Waals surface area contributed by atoms with E-state index in [-0.39, 0.29) is 11.3 Å². The molecule has 2 aromatic carbocycles. The predicted molar refractivity (Wildman–Crippen MR) is 65.8 cm³/mol. The Balaban J connectivity index is 2.51. The number of phenolic OH excluding ortho intramolecular Hbond substituents is 1. The van der Waals surface area contributed by atoms with Crippen molar-refractivity contribution in [1.29, 1.82) is 0 Å². The number of aromatic hydroxyl groups is 1. The minimum Gasteiger partial charge on any atom is -0.507 e. The first kappa shape index (κ1) is 12.8. The number of aromatic carboxylic acids is 1. The number of rotatable bonds is 3. The molecule has 0 unspecified atom stereocenters. The molecule has 0 fully saturated rings. The lowest BCUT2D eigenvalue weighted by Crippen LogP contribution is -2.00. The van der Waals surface area contributed by atoms with E-state index in [0.29, 0.717) is 17.4 Å². The van der Waals surface area contributed by atoms with E-state index < -0.39 is 17.3 Å². The Bertz CT molecular complexity index is 664. The van der Waals surface area contributed by atoms with Crippen LogP contribution in [-0.4, -0.2) is 22.5 Å². The quantitative estimate of drug-likeness (QED) is 0.832. The first-order valence-electron chi connectivity index (χ1n) is 5.34. The fraction of sp³-hybridized carbons (Fsp3) is 0. The summed E-state index contributed by atoms with van der Waals surface area (Å²) in [7, 11) is 0. The number of hydrogen-bond donors (Lipinski definition) is 2. The molecule has 0 atom stereocenters. The molecule has 0 radical (unpaired) electrons. The van der Waals surface area contributed by atoms with Gasteiger partial charge >= 0.3 is 5.97 Å². The van der Waals surface area contributed by atoms with E-state index in [9.17, 15) is 19.1 Å². The summed E-state index contributed by atoms with van der Waals surface area (Å²) in [5.41, 5.74) is 0.597. The highest BCUT2D eigenvalue weighted by Crippen LogP contribution is 2.26. The van der Waals surface area contributed by atoms with Gasteiger partial charge in [-0.15, -0.1) is 0 Å². The zero-order valence-corrected chi connectivity index (χ0v) is 9.63. The summed E-state index contributed by atoms with van der Waals surface area (Å²) in [5.74, 6) is -2.37. The maximum atomic E-state index is 13.5. The van der Waals surface area contributed by atoms with Gasteiger partial charge in [-0.2, -0.15) is 0 Å². The number of halogens is 1. The van der Waals surface area contributed by atoms with E-state index in [1.807, 2.05) is 0 Å². The number of carbonyl (C=O) groups is 2. The first-order valence-corrected chi connectivity index (χ1v) is 5.34. The van der Waals surface area contributed by atoms with Crippen molar-refractivity contribution in [3.05, 3.63) is 53.3 Å². The van der Waals surface area contributed by atoms with Crippen molar-refractivity contribution in [3.63, 3.8) is 0 Å². The van der Waals surface area contributed by atoms with Crippen molar-refractivity contribution in [1.82, 2.24) is 0 Å². The average molecular weight is 260 g/mol. The van der Waals surface area contributed by atoms with E-state index in [4.69, 9.17) is 5.11 Å². The number of phenols is 1. The van der Waals surface area contributed by atoms with Crippen LogP contribution in [0.4, 0.5) is 4.39 Å². The lowest BCUT2D eigenvalue weighted by Gasteiger charge is -2.05. The Hall–Kier alpha value is -2.69. The fourth-order valence-electron chi connectivity index (χ4n) is 1.70. The van der Waals surface area contributed by atoms with Crippen LogP contribution in [0.15, 0.2) is 36.4 Å². The summed E-state index contributed by atoms with van der Waals surface area (Å²) < 4.78 is 13.5. The van der Waals surface area contributed by atoms with Gasteiger partial charge in [0.05, 0.1) is 11.1 Å². The summed E-state index contributed by atoms with van der Waals surface area (Å²) in [4.78, 5) is 21.4. The molecule has 0 aliphatic heterocycles.